The number of hydrogen-bond donors (Lipinski definition) is 0. The Balaban J connectivity index is 0.00000498. The van der Waals surface area contributed by atoms with Crippen LogP contribution in [0.2, 0.25) is 0 Å². The molecule has 0 atom stereocenters. The quantitative estimate of drug-likeness (QED) is 0.149. The van der Waals surface area contributed by atoms with Crippen molar-refractivity contribution in [1.29, 1.82) is 0 Å². The maximum Gasteiger partial charge on any atom is 0.135 e. The Hall–Kier alpha value is -6.42. The molecule has 0 radical (unpaired) electrons. The number of ether oxygens (including phenoxy) is 1. The van der Waals surface area contributed by atoms with Crippen molar-refractivity contribution in [2.75, 3.05) is 9.80 Å². The monoisotopic (exact) mass is 1030 g/mol. The first-order valence-electron chi connectivity index (χ1n) is 22.3. The third-order valence-corrected chi connectivity index (χ3v) is 13.2. The fourth-order valence-corrected chi connectivity index (χ4v) is 9.79. The van der Waals surface area contributed by atoms with E-state index in [-0.39, 0.29) is 37.3 Å². The van der Waals surface area contributed by atoms with Crippen molar-refractivity contribution in [1.82, 2.24) is 9.55 Å². The zero-order valence-electron chi connectivity index (χ0n) is 38.1. The number of anilines is 4. The minimum atomic E-state index is -0.232. The normalized spacial score (nSPS) is 14.0. The van der Waals surface area contributed by atoms with Crippen LogP contribution < -0.4 is 14.5 Å². The predicted octanol–water partition coefficient (Wildman–Crippen LogP) is 15.5. The Morgan fingerprint density at radius 2 is 1.17 bits per heavy atom. The van der Waals surface area contributed by atoms with Crippen LogP contribution in [0.5, 0.6) is 11.5 Å². The van der Waals surface area contributed by atoms with Crippen LogP contribution in [0, 0.1) is 18.8 Å². The van der Waals surface area contributed by atoms with E-state index in [0.717, 1.165) is 67.4 Å². The van der Waals surface area contributed by atoms with Gasteiger partial charge in [-0.15, -0.1) is 53.8 Å². The number of nitrogens with zero attached hydrogens (tertiary/aromatic N) is 4. The van der Waals surface area contributed by atoms with Gasteiger partial charge in [0.2, 0.25) is 0 Å². The second kappa shape index (κ2) is 15.6. The number of rotatable bonds is 7. The van der Waals surface area contributed by atoms with Gasteiger partial charge >= 0.3 is 0 Å². The maximum absolute atomic E-state index is 7.06. The Labute approximate surface area is 397 Å². The summed E-state index contributed by atoms with van der Waals surface area (Å²) in [5.74, 6) is 2.16. The van der Waals surface area contributed by atoms with E-state index < -0.39 is 0 Å². The van der Waals surface area contributed by atoms with Crippen LogP contribution in [-0.2, 0) is 37.3 Å². The Morgan fingerprint density at radius 3 is 1.82 bits per heavy atom. The van der Waals surface area contributed by atoms with Gasteiger partial charge in [0, 0.05) is 72.5 Å². The molecule has 6 heteroatoms. The van der Waals surface area contributed by atoms with Crippen LogP contribution in [0.3, 0.4) is 0 Å². The molecule has 0 unspecified atom stereocenters. The minimum Gasteiger partial charge on any atom is -0.509 e. The van der Waals surface area contributed by atoms with Gasteiger partial charge in [0.05, 0.1) is 0 Å². The first kappa shape index (κ1) is 42.5. The molecular weight excluding hydrogens is 976 g/mol. The van der Waals surface area contributed by atoms with Crippen molar-refractivity contribution in [3.63, 3.8) is 0 Å². The Bertz CT molecular complexity index is 3230. The molecule has 0 N–H and O–H groups in total. The van der Waals surface area contributed by atoms with Crippen LogP contribution in [0.25, 0.3) is 49.9 Å². The molecule has 9 aromatic rings. The summed E-state index contributed by atoms with van der Waals surface area (Å²) in [6.07, 6.45) is 1.93. The third-order valence-electron chi connectivity index (χ3n) is 13.2. The molecule has 3 heterocycles. The molecule has 0 fully saturated rings. The van der Waals surface area contributed by atoms with E-state index >= 15 is 0 Å². The van der Waals surface area contributed by atoms with Gasteiger partial charge in [-0.2, -0.15) is 0 Å². The molecule has 0 saturated heterocycles. The Kier molecular flexibility index (Phi) is 10.2. The van der Waals surface area contributed by atoms with Gasteiger partial charge in [0.15, 0.2) is 0 Å². The Morgan fingerprint density at radius 1 is 0.569 bits per heavy atom. The molecule has 1 aliphatic heterocycles. The van der Waals surface area contributed by atoms with Gasteiger partial charge in [0.25, 0.3) is 0 Å². The summed E-state index contributed by atoms with van der Waals surface area (Å²) in [5, 5.41) is 2.48. The molecule has 2 aliphatic rings. The summed E-state index contributed by atoms with van der Waals surface area (Å²) < 4.78 is 9.34. The SMILES string of the molecule is CC(C)(C)c1cc(Oc2[c-]c3c4c(c2)C(C)(C)c2cccc(c24)n3-c2cc(C(C)(C)C)ccn2)[c-]c(N2[CH-]N(c3c(-c4ccccc4)cccc3-c3ccccc3)c3ccccc32)c1.[Pt]. The fourth-order valence-electron chi connectivity index (χ4n) is 9.79. The van der Waals surface area contributed by atoms with Crippen LogP contribution >= 0.6 is 0 Å². The van der Waals surface area contributed by atoms with Gasteiger partial charge in [-0.3, -0.25) is 0 Å². The van der Waals surface area contributed by atoms with Crippen molar-refractivity contribution >= 4 is 44.6 Å². The first-order valence-corrected chi connectivity index (χ1v) is 22.3. The zero-order chi connectivity index (χ0) is 44.1. The molecule has 7 aromatic carbocycles. The van der Waals surface area contributed by atoms with Gasteiger partial charge in [-0.25, -0.2) is 4.98 Å². The van der Waals surface area contributed by atoms with Crippen LogP contribution in [0.1, 0.15) is 77.6 Å². The molecule has 0 spiro atoms. The van der Waals surface area contributed by atoms with E-state index in [0.29, 0.717) is 11.5 Å². The molecule has 5 nitrogen and oxygen atoms in total. The molecular formula is C59H51N4OPt-3. The average Bonchev–Trinajstić information content (AvgIpc) is 3.92. The van der Waals surface area contributed by atoms with Crippen LogP contribution in [0.4, 0.5) is 22.7 Å². The van der Waals surface area contributed by atoms with E-state index in [1.165, 1.54) is 27.5 Å². The summed E-state index contributed by atoms with van der Waals surface area (Å²) in [4.78, 5) is 9.57. The smallest absolute Gasteiger partial charge is 0.135 e. The van der Waals surface area contributed by atoms with Gasteiger partial charge in [-0.1, -0.05) is 169 Å². The zero-order valence-corrected chi connectivity index (χ0v) is 40.4. The van der Waals surface area contributed by atoms with Crippen molar-refractivity contribution in [3.8, 4) is 39.6 Å². The number of benzene rings is 7. The summed E-state index contributed by atoms with van der Waals surface area (Å²) in [6.45, 7) is 20.3. The predicted molar refractivity (Wildman–Crippen MR) is 265 cm³/mol. The molecule has 1 aliphatic carbocycles. The van der Waals surface area contributed by atoms with E-state index in [1.807, 2.05) is 6.20 Å². The van der Waals surface area contributed by atoms with Crippen LogP contribution in [0.15, 0.2) is 158 Å². The third kappa shape index (κ3) is 7.07. The fraction of sp³-hybridized carbons (Fsp3) is 0.186. The second-order valence-electron chi connectivity index (χ2n) is 19.8. The summed E-state index contributed by atoms with van der Waals surface area (Å²) in [5.41, 5.74) is 15.3. The molecule has 2 aromatic heterocycles. The number of pyridine rings is 1. The van der Waals surface area contributed by atoms with Crippen molar-refractivity contribution in [3.05, 3.63) is 199 Å². The molecule has 11 rings (SSSR count). The maximum atomic E-state index is 7.06. The largest absolute Gasteiger partial charge is 0.509 e. The van der Waals surface area contributed by atoms with E-state index in [1.54, 1.807) is 0 Å². The summed E-state index contributed by atoms with van der Waals surface area (Å²) >= 11 is 0. The molecule has 0 saturated carbocycles. The first-order chi connectivity index (χ1) is 30.8. The van der Waals surface area contributed by atoms with Gasteiger partial charge in [-0.05, 0) is 74.2 Å². The van der Waals surface area contributed by atoms with E-state index in [9.17, 15) is 0 Å². The van der Waals surface area contributed by atoms with Gasteiger partial charge < -0.3 is 19.1 Å². The van der Waals surface area contributed by atoms with E-state index in [4.69, 9.17) is 9.72 Å². The summed E-state index contributed by atoms with van der Waals surface area (Å²) in [6, 6.07) is 61.8. The number of para-hydroxylation sites is 3. The minimum absolute atomic E-state index is 0. The van der Waals surface area contributed by atoms with Crippen molar-refractivity contribution in [2.24, 2.45) is 0 Å². The second-order valence-corrected chi connectivity index (χ2v) is 19.8. The average molecular weight is 1030 g/mol. The molecule has 0 amide bonds. The number of aromatic nitrogens is 2. The van der Waals surface area contributed by atoms with Crippen molar-refractivity contribution in [2.45, 2.75) is 71.6 Å². The van der Waals surface area contributed by atoms with Crippen LogP contribution in [-0.4, -0.2) is 9.55 Å². The topological polar surface area (TPSA) is 33.5 Å². The molecule has 65 heavy (non-hydrogen) atoms. The van der Waals surface area contributed by atoms with Crippen molar-refractivity contribution < 1.29 is 25.8 Å². The standard InChI is InChI=1S/C59H51N4O.Pt/c1-57(2,3)40-29-30-60-53(33-40)63-51-28-18-25-47-54(51)55-48(59(47,7)8)35-44(36-52(55)63)64-43-32-41(58(4,5)6)31-42(34-43)61-37-62(50-27-16-15-26-49(50)61)56-45(38-19-11-9-12-20-38)23-17-24-46(56)39-21-13-10-14-22-39;/h9-33,35,37H,1-8H3;/q-3;. The molecule has 326 valence electrons. The number of hydrogen-bond acceptors (Lipinski definition) is 4. The van der Waals surface area contributed by atoms with E-state index in [2.05, 4.69) is 240 Å². The number of fused-ring (bicyclic) bond motifs is 1. The van der Waals surface area contributed by atoms with Gasteiger partial charge in [0.1, 0.15) is 5.82 Å². The summed E-state index contributed by atoms with van der Waals surface area (Å²) in [7, 11) is 0. The molecule has 0 bridgehead atoms.